The van der Waals surface area contributed by atoms with E-state index in [1.54, 1.807) is 67.6 Å². The molecule has 44 heavy (non-hydrogen) atoms. The van der Waals surface area contributed by atoms with E-state index in [2.05, 4.69) is 5.32 Å². The predicted molar refractivity (Wildman–Crippen MR) is 173 cm³/mol. The third kappa shape index (κ3) is 7.78. The average molecular weight is 634 g/mol. The van der Waals surface area contributed by atoms with E-state index in [9.17, 15) is 18.0 Å². The van der Waals surface area contributed by atoms with Crippen molar-refractivity contribution in [3.05, 3.63) is 125 Å². The van der Waals surface area contributed by atoms with Gasteiger partial charge in [-0.3, -0.25) is 13.9 Å². The third-order valence-corrected chi connectivity index (χ3v) is 9.28. The molecule has 0 saturated carbocycles. The Morgan fingerprint density at radius 2 is 1.55 bits per heavy atom. The highest BCUT2D eigenvalue weighted by molar-refractivity contribution is 7.92. The summed E-state index contributed by atoms with van der Waals surface area (Å²) < 4.78 is 35.0. The normalized spacial score (nSPS) is 11.8. The van der Waals surface area contributed by atoms with Gasteiger partial charge < -0.3 is 15.0 Å². The van der Waals surface area contributed by atoms with Crippen LogP contribution < -0.4 is 14.4 Å². The Bertz CT molecular complexity index is 1680. The number of ether oxygens (including phenoxy) is 1. The van der Waals surface area contributed by atoms with Crippen LogP contribution in [0.3, 0.4) is 0 Å². The molecule has 0 heterocycles. The minimum atomic E-state index is -4.25. The zero-order chi connectivity index (χ0) is 31.7. The zero-order valence-corrected chi connectivity index (χ0v) is 26.5. The molecule has 10 heteroatoms. The van der Waals surface area contributed by atoms with Gasteiger partial charge in [-0.2, -0.15) is 0 Å². The lowest BCUT2D eigenvalue weighted by Crippen LogP contribution is -2.53. The van der Waals surface area contributed by atoms with Crippen LogP contribution in [0.25, 0.3) is 0 Å². The predicted octanol–water partition coefficient (Wildman–Crippen LogP) is 5.63. The van der Waals surface area contributed by atoms with Crippen LogP contribution in [-0.4, -0.2) is 51.4 Å². The maximum atomic E-state index is 14.5. The number of hydrogen-bond donors (Lipinski definition) is 1. The Labute approximate surface area is 264 Å². The molecule has 8 nitrogen and oxygen atoms in total. The van der Waals surface area contributed by atoms with Gasteiger partial charge in [0, 0.05) is 24.5 Å². The van der Waals surface area contributed by atoms with Gasteiger partial charge in [0.15, 0.2) is 0 Å². The molecule has 4 aromatic rings. The summed E-state index contributed by atoms with van der Waals surface area (Å²) in [6.45, 7) is 3.37. The van der Waals surface area contributed by atoms with Gasteiger partial charge in [-0.05, 0) is 60.9 Å². The van der Waals surface area contributed by atoms with Crippen molar-refractivity contribution < 1.29 is 22.7 Å². The van der Waals surface area contributed by atoms with Crippen LogP contribution in [0.4, 0.5) is 5.69 Å². The van der Waals surface area contributed by atoms with Crippen LogP contribution in [0.5, 0.6) is 5.75 Å². The number of nitrogens with zero attached hydrogens (tertiary/aromatic N) is 2. The van der Waals surface area contributed by atoms with Crippen molar-refractivity contribution in [3.63, 3.8) is 0 Å². The van der Waals surface area contributed by atoms with Crippen molar-refractivity contribution in [2.24, 2.45) is 0 Å². The number of hydrogen-bond acceptors (Lipinski definition) is 5. The molecule has 0 bridgehead atoms. The van der Waals surface area contributed by atoms with Gasteiger partial charge in [0.1, 0.15) is 18.3 Å². The number of rotatable bonds is 13. The topological polar surface area (TPSA) is 96.0 Å². The molecule has 0 aliphatic rings. The van der Waals surface area contributed by atoms with Crippen molar-refractivity contribution in [1.82, 2.24) is 10.2 Å². The third-order valence-electron chi connectivity index (χ3n) is 7.13. The number of aryl methyl sites for hydroxylation is 1. The standard InChI is InChI=1S/C34H36ClN3O5S/c1-4-36-34(40)31(22-26-13-7-5-8-14-26)37(23-27-15-11-12-18-29(27)35)33(39)24-38(30-21-25(2)19-20-32(30)43-3)44(41,42)28-16-9-6-10-17-28/h5-21,31H,4,22-24H2,1-3H3,(H,36,40). The van der Waals surface area contributed by atoms with Crippen LogP contribution in [0.1, 0.15) is 23.6 Å². The number of nitrogens with one attached hydrogen (secondary N) is 1. The fourth-order valence-electron chi connectivity index (χ4n) is 4.88. The Hall–Kier alpha value is -4.34. The highest BCUT2D eigenvalue weighted by atomic mass is 35.5. The molecular formula is C34H36ClN3O5S. The van der Waals surface area contributed by atoms with E-state index in [4.69, 9.17) is 16.3 Å². The zero-order valence-electron chi connectivity index (χ0n) is 24.9. The van der Waals surface area contributed by atoms with Gasteiger partial charge in [-0.15, -0.1) is 0 Å². The SMILES string of the molecule is CCNC(=O)C(Cc1ccccc1)N(Cc1ccccc1Cl)C(=O)CN(c1cc(C)ccc1OC)S(=O)(=O)c1ccccc1. The van der Waals surface area contributed by atoms with Crippen molar-refractivity contribution in [1.29, 1.82) is 0 Å². The van der Waals surface area contributed by atoms with Crippen LogP contribution >= 0.6 is 11.6 Å². The van der Waals surface area contributed by atoms with Crippen molar-refractivity contribution in [2.75, 3.05) is 24.5 Å². The van der Waals surface area contributed by atoms with E-state index in [1.807, 2.05) is 37.3 Å². The number of anilines is 1. The van der Waals surface area contributed by atoms with E-state index in [0.29, 0.717) is 17.1 Å². The lowest BCUT2D eigenvalue weighted by atomic mass is 10.0. The van der Waals surface area contributed by atoms with Gasteiger partial charge in [0.25, 0.3) is 10.0 Å². The van der Waals surface area contributed by atoms with Crippen molar-refractivity contribution in [2.45, 2.75) is 37.8 Å². The molecular weight excluding hydrogens is 598 g/mol. The molecule has 0 aliphatic carbocycles. The smallest absolute Gasteiger partial charge is 0.264 e. The number of carbonyl (C=O) groups is 2. The van der Waals surface area contributed by atoms with E-state index >= 15 is 0 Å². The Kier molecular flexibility index (Phi) is 11.0. The second kappa shape index (κ2) is 14.9. The molecule has 0 saturated heterocycles. The van der Waals surface area contributed by atoms with E-state index in [0.717, 1.165) is 15.4 Å². The van der Waals surface area contributed by atoms with Gasteiger partial charge in [-0.1, -0.05) is 84.4 Å². The Morgan fingerprint density at radius 3 is 2.18 bits per heavy atom. The van der Waals surface area contributed by atoms with Gasteiger partial charge >= 0.3 is 0 Å². The summed E-state index contributed by atoms with van der Waals surface area (Å²) >= 11 is 6.53. The van der Waals surface area contributed by atoms with Gasteiger partial charge in [0.05, 0.1) is 17.7 Å². The summed E-state index contributed by atoms with van der Waals surface area (Å²) in [7, 11) is -2.81. The fraction of sp³-hybridized carbons (Fsp3) is 0.235. The lowest BCUT2D eigenvalue weighted by molar-refractivity contribution is -0.140. The molecule has 1 N–H and O–H groups in total. The van der Waals surface area contributed by atoms with Crippen molar-refractivity contribution >= 4 is 39.1 Å². The molecule has 2 amide bonds. The minimum Gasteiger partial charge on any atom is -0.495 e. The first kappa shape index (κ1) is 32.6. The van der Waals surface area contributed by atoms with Crippen LogP contribution in [-0.2, 0) is 32.6 Å². The number of methoxy groups -OCH3 is 1. The lowest BCUT2D eigenvalue weighted by Gasteiger charge is -2.34. The molecule has 4 aromatic carbocycles. The molecule has 230 valence electrons. The second-order valence-electron chi connectivity index (χ2n) is 10.2. The van der Waals surface area contributed by atoms with E-state index < -0.39 is 28.5 Å². The minimum absolute atomic E-state index is 0.0126. The van der Waals surface area contributed by atoms with Crippen molar-refractivity contribution in [3.8, 4) is 5.75 Å². The Morgan fingerprint density at radius 1 is 0.909 bits per heavy atom. The first-order chi connectivity index (χ1) is 21.1. The van der Waals surface area contributed by atoms with Gasteiger partial charge in [0.2, 0.25) is 11.8 Å². The molecule has 4 rings (SSSR count). The molecule has 0 aromatic heterocycles. The summed E-state index contributed by atoms with van der Waals surface area (Å²) in [6, 6.07) is 28.5. The summed E-state index contributed by atoms with van der Waals surface area (Å²) in [4.78, 5) is 29.5. The molecule has 1 atom stereocenters. The van der Waals surface area contributed by atoms with Gasteiger partial charge in [-0.25, -0.2) is 8.42 Å². The summed E-state index contributed by atoms with van der Waals surface area (Å²) in [6.07, 6.45) is 0.210. The van der Waals surface area contributed by atoms with Crippen LogP contribution in [0.2, 0.25) is 5.02 Å². The summed E-state index contributed by atoms with van der Waals surface area (Å²) in [5, 5.41) is 3.28. The molecule has 0 aliphatic heterocycles. The molecule has 1 unspecified atom stereocenters. The highest BCUT2D eigenvalue weighted by Crippen LogP contribution is 2.34. The summed E-state index contributed by atoms with van der Waals surface area (Å²) in [5.74, 6) is -0.660. The maximum Gasteiger partial charge on any atom is 0.264 e. The van der Waals surface area contributed by atoms with Crippen LogP contribution in [0.15, 0.2) is 108 Å². The number of carbonyl (C=O) groups excluding carboxylic acids is 2. The monoisotopic (exact) mass is 633 g/mol. The summed E-state index contributed by atoms with van der Waals surface area (Å²) in [5.41, 5.74) is 2.45. The maximum absolute atomic E-state index is 14.5. The first-order valence-electron chi connectivity index (χ1n) is 14.2. The number of amides is 2. The van der Waals surface area contributed by atoms with E-state index in [-0.39, 0.29) is 35.2 Å². The first-order valence-corrected chi connectivity index (χ1v) is 16.0. The van der Waals surface area contributed by atoms with Crippen LogP contribution in [0, 0.1) is 6.92 Å². The fourth-order valence-corrected chi connectivity index (χ4v) is 6.52. The second-order valence-corrected chi connectivity index (χ2v) is 12.5. The van der Waals surface area contributed by atoms with E-state index in [1.165, 1.54) is 24.1 Å². The molecule has 0 spiro atoms. The number of sulfonamides is 1. The largest absolute Gasteiger partial charge is 0.495 e. The quantitative estimate of drug-likeness (QED) is 0.206. The average Bonchev–Trinajstić information content (AvgIpc) is 3.03. The molecule has 0 fully saturated rings. The number of halogens is 1. The highest BCUT2D eigenvalue weighted by Gasteiger charge is 2.35. The Balaban J connectivity index is 1.85. The number of benzene rings is 4. The molecule has 0 radical (unpaired) electrons. The number of likely N-dealkylation sites (N-methyl/N-ethyl adjacent to an activating group) is 1.